The summed E-state index contributed by atoms with van der Waals surface area (Å²) >= 11 is 6.13. The summed E-state index contributed by atoms with van der Waals surface area (Å²) in [7, 11) is 0. The van der Waals surface area contributed by atoms with Crippen molar-refractivity contribution >= 4 is 17.6 Å². The monoisotopic (exact) mass is 397 g/mol. The van der Waals surface area contributed by atoms with E-state index in [4.69, 9.17) is 11.6 Å². The molecule has 146 valence electrons. The van der Waals surface area contributed by atoms with Crippen molar-refractivity contribution in [3.8, 4) is 16.9 Å². The lowest BCUT2D eigenvalue weighted by Gasteiger charge is -2.22. The number of allylic oxidation sites excluding steroid dienone is 4. The number of hydrogen-bond acceptors (Lipinski definition) is 2. The number of carboxylic acids is 1. The van der Waals surface area contributed by atoms with Gasteiger partial charge >= 0.3 is 5.97 Å². The van der Waals surface area contributed by atoms with Crippen LogP contribution in [0.4, 0.5) is 0 Å². The Balaban J connectivity index is 1.95. The molecular weight excluding hydrogens is 374 g/mol. The number of phenols is 1. The zero-order valence-electron chi connectivity index (χ0n) is 16.1. The molecule has 2 aromatic rings. The molecule has 0 fully saturated rings. The van der Waals surface area contributed by atoms with E-state index in [-0.39, 0.29) is 23.5 Å². The molecule has 0 saturated heterocycles. The van der Waals surface area contributed by atoms with Gasteiger partial charge in [-0.3, -0.25) is 4.79 Å². The van der Waals surface area contributed by atoms with Gasteiger partial charge in [-0.2, -0.15) is 0 Å². The van der Waals surface area contributed by atoms with Gasteiger partial charge in [0.05, 0.1) is 6.42 Å². The van der Waals surface area contributed by atoms with Crippen molar-refractivity contribution in [3.63, 3.8) is 0 Å². The number of halogens is 1. The van der Waals surface area contributed by atoms with Gasteiger partial charge in [-0.05, 0) is 47.6 Å². The summed E-state index contributed by atoms with van der Waals surface area (Å²) in [4.78, 5) is 11.7. The van der Waals surface area contributed by atoms with Gasteiger partial charge in [-0.25, -0.2) is 0 Å². The molecule has 2 aliphatic rings. The van der Waals surface area contributed by atoms with Gasteiger partial charge in [-0.1, -0.05) is 49.7 Å². The fourth-order valence-corrected chi connectivity index (χ4v) is 4.71. The van der Waals surface area contributed by atoms with Crippen LogP contribution in [0.25, 0.3) is 11.1 Å². The summed E-state index contributed by atoms with van der Waals surface area (Å²) in [6.07, 6.45) is 7.60. The fraction of sp³-hybridized carbons (Fsp3) is 0.348. The first-order chi connectivity index (χ1) is 13.2. The average molecular weight is 398 g/mol. The largest absolute Gasteiger partial charge is 0.508 e. The van der Waals surface area contributed by atoms with E-state index >= 15 is 0 Å². The van der Waals surface area contributed by atoms with Crippen molar-refractivity contribution in [2.45, 2.75) is 45.6 Å². The number of aromatic hydroxyl groups is 1. The Morgan fingerprint density at radius 2 is 2.00 bits per heavy atom. The van der Waals surface area contributed by atoms with E-state index < -0.39 is 5.97 Å². The Kier molecular flexibility index (Phi) is 4.62. The van der Waals surface area contributed by atoms with E-state index in [1.807, 2.05) is 24.3 Å². The normalized spacial score (nSPS) is 20.1. The lowest BCUT2D eigenvalue weighted by molar-refractivity contribution is -0.136. The molecule has 0 amide bonds. The topological polar surface area (TPSA) is 62.5 Å². The quantitative estimate of drug-likeness (QED) is 0.741. The lowest BCUT2D eigenvalue weighted by atomic mass is 9.83. The predicted octanol–water partition coefficient (Wildman–Crippen LogP) is 5.24. The van der Waals surface area contributed by atoms with Gasteiger partial charge in [0.25, 0.3) is 0 Å². The van der Waals surface area contributed by atoms with E-state index in [1.54, 1.807) is 12.1 Å². The number of phenolic OH excluding ortho intramolecular Hbond substituents is 1. The second-order valence-corrected chi connectivity index (χ2v) is 8.95. The number of hydrogen-bond donors (Lipinski definition) is 2. The first kappa shape index (κ1) is 18.9. The van der Waals surface area contributed by atoms with E-state index in [9.17, 15) is 15.0 Å². The number of fused-ring (bicyclic) bond motifs is 1. The first-order valence-corrected chi connectivity index (χ1v) is 9.92. The van der Waals surface area contributed by atoms with Gasteiger partial charge in [0.15, 0.2) is 0 Å². The zero-order valence-corrected chi connectivity index (χ0v) is 16.8. The molecule has 2 N–H and O–H groups in total. The summed E-state index contributed by atoms with van der Waals surface area (Å²) in [5, 5.41) is 20.1. The molecule has 2 heterocycles. The number of carbonyl (C=O) groups is 1. The number of rotatable bonds is 4. The van der Waals surface area contributed by atoms with E-state index in [2.05, 4.69) is 24.5 Å². The smallest absolute Gasteiger partial charge is 0.309 e. The van der Waals surface area contributed by atoms with Crippen LogP contribution in [-0.2, 0) is 24.2 Å². The summed E-state index contributed by atoms with van der Waals surface area (Å²) in [6, 6.07) is 7.21. The highest BCUT2D eigenvalue weighted by Crippen LogP contribution is 2.47. The maximum absolute atomic E-state index is 11.7. The molecule has 4 nitrogen and oxygen atoms in total. The Hall–Kier alpha value is -2.46. The molecule has 0 bridgehead atoms. The van der Waals surface area contributed by atoms with Crippen LogP contribution in [-0.4, -0.2) is 20.7 Å². The number of nitrogens with zero attached hydrogens (tertiary/aromatic N) is 1. The molecule has 28 heavy (non-hydrogen) atoms. The van der Waals surface area contributed by atoms with Crippen LogP contribution in [0.2, 0.25) is 0 Å². The van der Waals surface area contributed by atoms with Crippen LogP contribution in [0.3, 0.4) is 0 Å². The van der Waals surface area contributed by atoms with Crippen molar-refractivity contribution in [1.29, 1.82) is 0 Å². The third-order valence-corrected chi connectivity index (χ3v) is 5.93. The van der Waals surface area contributed by atoms with E-state index in [0.717, 1.165) is 46.8 Å². The minimum absolute atomic E-state index is 0.00170. The third kappa shape index (κ3) is 3.37. The van der Waals surface area contributed by atoms with Gasteiger partial charge in [0.2, 0.25) is 0 Å². The Bertz CT molecular complexity index is 996. The van der Waals surface area contributed by atoms with Gasteiger partial charge < -0.3 is 14.8 Å². The summed E-state index contributed by atoms with van der Waals surface area (Å²) in [6.45, 7) is 5.24. The van der Waals surface area contributed by atoms with Crippen LogP contribution in [0.15, 0.2) is 47.5 Å². The molecule has 1 atom stereocenters. The molecule has 1 aromatic carbocycles. The zero-order chi connectivity index (χ0) is 20.1. The standard InChI is InChI=1S/C23H24ClNO3/c1-23(2)12-19-22(15-5-9-17(26)10-6-15)21(14-3-7-16(24)8-4-14)18(11-20(27)28)25(19)13-23/h3,5-10,14,26H,4,11-13H2,1-2H3,(H,27,28). The SMILES string of the molecule is CC1(C)Cc2c(-c3ccc(O)cc3)c(C3C=CC(Cl)=CC3)c(CC(=O)O)n2C1. The van der Waals surface area contributed by atoms with Gasteiger partial charge in [0.1, 0.15) is 5.75 Å². The number of aromatic nitrogens is 1. The molecule has 1 unspecified atom stereocenters. The second-order valence-electron chi connectivity index (χ2n) is 8.52. The van der Waals surface area contributed by atoms with Crippen LogP contribution >= 0.6 is 11.6 Å². The third-order valence-electron chi connectivity index (χ3n) is 5.65. The van der Waals surface area contributed by atoms with Gasteiger partial charge in [0, 0.05) is 34.4 Å². The maximum Gasteiger partial charge on any atom is 0.309 e. The van der Waals surface area contributed by atoms with Crippen molar-refractivity contribution in [3.05, 3.63) is 64.5 Å². The highest BCUT2D eigenvalue weighted by atomic mass is 35.5. The van der Waals surface area contributed by atoms with Crippen molar-refractivity contribution in [2.75, 3.05) is 0 Å². The summed E-state index contributed by atoms with van der Waals surface area (Å²) in [5.41, 5.74) is 5.37. The number of carboxylic acid groups (broad SMARTS) is 1. The lowest BCUT2D eigenvalue weighted by Crippen LogP contribution is -2.17. The molecule has 0 radical (unpaired) electrons. The minimum Gasteiger partial charge on any atom is -0.508 e. The number of benzene rings is 1. The van der Waals surface area contributed by atoms with Gasteiger partial charge in [-0.15, -0.1) is 0 Å². The minimum atomic E-state index is -0.822. The van der Waals surface area contributed by atoms with Crippen molar-refractivity contribution in [2.24, 2.45) is 5.41 Å². The first-order valence-electron chi connectivity index (χ1n) is 9.54. The molecule has 1 aliphatic carbocycles. The highest BCUT2D eigenvalue weighted by Gasteiger charge is 2.37. The Morgan fingerprint density at radius 3 is 2.61 bits per heavy atom. The van der Waals surface area contributed by atoms with Crippen molar-refractivity contribution in [1.82, 2.24) is 4.57 Å². The second kappa shape index (κ2) is 6.85. The summed E-state index contributed by atoms with van der Waals surface area (Å²) < 4.78 is 2.22. The Morgan fingerprint density at radius 1 is 1.29 bits per heavy atom. The molecular formula is C23H24ClNO3. The molecule has 5 heteroatoms. The molecule has 1 aliphatic heterocycles. The molecule has 0 saturated carbocycles. The molecule has 0 spiro atoms. The van der Waals surface area contributed by atoms with E-state index in [0.29, 0.717) is 0 Å². The fourth-order valence-electron chi connectivity index (χ4n) is 4.55. The molecule has 1 aromatic heterocycles. The summed E-state index contributed by atoms with van der Waals surface area (Å²) in [5.74, 6) is -0.515. The van der Waals surface area contributed by atoms with Crippen LogP contribution in [0.5, 0.6) is 5.75 Å². The maximum atomic E-state index is 11.7. The molecule has 4 rings (SSSR count). The van der Waals surface area contributed by atoms with E-state index in [1.165, 1.54) is 5.69 Å². The number of aliphatic carboxylic acids is 1. The van der Waals surface area contributed by atoms with Crippen LogP contribution in [0.1, 0.15) is 43.1 Å². The van der Waals surface area contributed by atoms with Crippen LogP contribution in [0, 0.1) is 5.41 Å². The van der Waals surface area contributed by atoms with Crippen molar-refractivity contribution < 1.29 is 15.0 Å². The Labute approximate surface area is 169 Å². The highest BCUT2D eigenvalue weighted by molar-refractivity contribution is 6.31. The average Bonchev–Trinajstić information content (AvgIpc) is 3.07. The van der Waals surface area contributed by atoms with Crippen LogP contribution < -0.4 is 0 Å². The predicted molar refractivity (Wildman–Crippen MR) is 111 cm³/mol.